The number of hydrogen-bond donors (Lipinski definition) is 1. The normalized spacial score (nSPS) is 21.7. The zero-order chi connectivity index (χ0) is 17.1. The third kappa shape index (κ3) is 3.65. The van der Waals surface area contributed by atoms with Crippen LogP contribution in [0.4, 0.5) is 0 Å². The van der Waals surface area contributed by atoms with Gasteiger partial charge in [0.2, 0.25) is 0 Å². The van der Waals surface area contributed by atoms with E-state index in [-0.39, 0.29) is 0 Å². The van der Waals surface area contributed by atoms with Gasteiger partial charge in [-0.05, 0) is 42.6 Å². The number of aliphatic hydroxyl groups is 1. The first kappa shape index (κ1) is 16.4. The molecule has 0 bridgehead atoms. The molecule has 2 atom stereocenters. The molecule has 2 unspecified atom stereocenters. The number of nitrogens with zero attached hydrogens (tertiary/aromatic N) is 1. The van der Waals surface area contributed by atoms with Gasteiger partial charge in [-0.25, -0.2) is 0 Å². The Kier molecular flexibility index (Phi) is 4.90. The minimum absolute atomic E-state index is 0.329. The number of aliphatic hydroxyl groups excluding tert-OH is 1. The van der Waals surface area contributed by atoms with Crippen LogP contribution in [0.2, 0.25) is 0 Å². The fourth-order valence-corrected chi connectivity index (χ4v) is 3.81. The topological polar surface area (TPSA) is 41.9 Å². The summed E-state index contributed by atoms with van der Waals surface area (Å²) >= 11 is 0. The molecular formula is C21H25NO3. The molecule has 4 rings (SSSR count). The summed E-state index contributed by atoms with van der Waals surface area (Å²) in [7, 11) is 0. The maximum atomic E-state index is 10.6. The molecule has 0 aromatic heterocycles. The van der Waals surface area contributed by atoms with Crippen LogP contribution in [0.5, 0.6) is 11.5 Å². The minimum atomic E-state index is -0.456. The first-order valence-corrected chi connectivity index (χ1v) is 9.18. The van der Waals surface area contributed by atoms with Gasteiger partial charge in [0.15, 0.2) is 11.5 Å². The predicted molar refractivity (Wildman–Crippen MR) is 97.0 cm³/mol. The van der Waals surface area contributed by atoms with E-state index in [2.05, 4.69) is 17.0 Å². The maximum Gasteiger partial charge on any atom is 0.161 e. The Morgan fingerprint density at radius 3 is 2.64 bits per heavy atom. The molecule has 25 heavy (non-hydrogen) atoms. The first-order chi connectivity index (χ1) is 12.3. The van der Waals surface area contributed by atoms with Gasteiger partial charge in [0.1, 0.15) is 0 Å². The summed E-state index contributed by atoms with van der Waals surface area (Å²) in [5, 5.41) is 10.6. The molecule has 2 heterocycles. The van der Waals surface area contributed by atoms with Crippen LogP contribution in [-0.4, -0.2) is 36.3 Å². The summed E-state index contributed by atoms with van der Waals surface area (Å²) in [4.78, 5) is 2.39. The van der Waals surface area contributed by atoms with E-state index in [0.717, 1.165) is 42.9 Å². The minimum Gasteiger partial charge on any atom is -0.490 e. The molecule has 4 heteroatoms. The summed E-state index contributed by atoms with van der Waals surface area (Å²) in [6.45, 7) is 3.09. The van der Waals surface area contributed by atoms with Gasteiger partial charge < -0.3 is 14.6 Å². The Morgan fingerprint density at radius 2 is 1.80 bits per heavy atom. The van der Waals surface area contributed by atoms with E-state index in [9.17, 15) is 5.11 Å². The zero-order valence-electron chi connectivity index (χ0n) is 14.4. The Labute approximate surface area is 149 Å². The second-order valence-corrected chi connectivity index (χ2v) is 6.84. The van der Waals surface area contributed by atoms with E-state index >= 15 is 0 Å². The Morgan fingerprint density at radius 1 is 1.00 bits per heavy atom. The van der Waals surface area contributed by atoms with Crippen LogP contribution in [0.1, 0.15) is 42.5 Å². The van der Waals surface area contributed by atoms with E-state index in [0.29, 0.717) is 25.8 Å². The van der Waals surface area contributed by atoms with Crippen molar-refractivity contribution in [2.24, 2.45) is 0 Å². The second-order valence-electron chi connectivity index (χ2n) is 6.84. The van der Waals surface area contributed by atoms with Crippen molar-refractivity contribution in [1.82, 2.24) is 4.90 Å². The lowest BCUT2D eigenvalue weighted by atomic mass is 10.0. The van der Waals surface area contributed by atoms with E-state index in [1.54, 1.807) is 0 Å². The second kappa shape index (κ2) is 7.46. The highest BCUT2D eigenvalue weighted by Crippen LogP contribution is 2.38. The largest absolute Gasteiger partial charge is 0.490 e. The summed E-state index contributed by atoms with van der Waals surface area (Å²) in [6.07, 6.45) is 2.73. The predicted octanol–water partition coefficient (Wildman–Crippen LogP) is 3.72. The molecule has 0 amide bonds. The summed E-state index contributed by atoms with van der Waals surface area (Å²) in [5.41, 5.74) is 2.23. The number of hydrogen-bond acceptors (Lipinski definition) is 4. The third-order valence-corrected chi connectivity index (χ3v) is 5.11. The molecule has 1 fully saturated rings. The van der Waals surface area contributed by atoms with Crippen LogP contribution in [-0.2, 0) is 0 Å². The molecule has 2 aliphatic heterocycles. The summed E-state index contributed by atoms with van der Waals surface area (Å²) < 4.78 is 11.6. The van der Waals surface area contributed by atoms with Crippen molar-refractivity contribution in [1.29, 1.82) is 0 Å². The lowest BCUT2D eigenvalue weighted by Gasteiger charge is -2.27. The van der Waals surface area contributed by atoms with Gasteiger partial charge in [-0.15, -0.1) is 0 Å². The number of benzene rings is 2. The fourth-order valence-electron chi connectivity index (χ4n) is 3.81. The summed E-state index contributed by atoms with van der Waals surface area (Å²) in [5.74, 6) is 1.69. The van der Waals surface area contributed by atoms with Crippen LogP contribution in [0, 0.1) is 0 Å². The molecule has 2 aromatic carbocycles. The highest BCUT2D eigenvalue weighted by Gasteiger charge is 2.28. The fraction of sp³-hybridized carbons (Fsp3) is 0.429. The molecule has 2 aromatic rings. The van der Waals surface area contributed by atoms with Crippen LogP contribution in [0.3, 0.4) is 0 Å². The van der Waals surface area contributed by atoms with Crippen molar-refractivity contribution in [2.45, 2.75) is 31.4 Å². The van der Waals surface area contributed by atoms with Crippen molar-refractivity contribution in [3.63, 3.8) is 0 Å². The van der Waals surface area contributed by atoms with Gasteiger partial charge in [-0.1, -0.05) is 36.4 Å². The van der Waals surface area contributed by atoms with E-state index < -0.39 is 6.10 Å². The Bertz CT molecular complexity index is 704. The van der Waals surface area contributed by atoms with Gasteiger partial charge >= 0.3 is 0 Å². The number of fused-ring (bicyclic) bond motifs is 1. The molecular weight excluding hydrogens is 314 g/mol. The lowest BCUT2D eigenvalue weighted by molar-refractivity contribution is 0.106. The maximum absolute atomic E-state index is 10.6. The first-order valence-electron chi connectivity index (χ1n) is 9.18. The standard InChI is InChI=1S/C21H25NO3/c23-19(16-6-2-1-3-7-16)15-22-11-4-8-18(22)17-9-10-20-21(14-17)25-13-5-12-24-20/h1-3,6-7,9-10,14,18-19,23H,4-5,8,11-13,15H2. The molecule has 1 saturated heterocycles. The monoisotopic (exact) mass is 339 g/mol. The quantitative estimate of drug-likeness (QED) is 0.922. The molecule has 0 aliphatic carbocycles. The molecule has 0 saturated carbocycles. The van der Waals surface area contributed by atoms with Crippen LogP contribution in [0.15, 0.2) is 48.5 Å². The van der Waals surface area contributed by atoms with Gasteiger partial charge in [-0.3, -0.25) is 4.90 Å². The highest BCUT2D eigenvalue weighted by molar-refractivity contribution is 5.44. The molecule has 1 N–H and O–H groups in total. The molecule has 2 aliphatic rings. The molecule has 4 nitrogen and oxygen atoms in total. The number of ether oxygens (including phenoxy) is 2. The van der Waals surface area contributed by atoms with Crippen molar-refractivity contribution in [3.8, 4) is 11.5 Å². The third-order valence-electron chi connectivity index (χ3n) is 5.11. The van der Waals surface area contributed by atoms with Gasteiger partial charge in [0, 0.05) is 19.0 Å². The SMILES string of the molecule is OC(CN1CCCC1c1ccc2c(c1)OCCCO2)c1ccccc1. The Balaban J connectivity index is 1.50. The van der Waals surface area contributed by atoms with E-state index in [1.165, 1.54) is 5.56 Å². The molecule has 132 valence electrons. The average molecular weight is 339 g/mol. The van der Waals surface area contributed by atoms with Gasteiger partial charge in [0.05, 0.1) is 19.3 Å². The zero-order valence-corrected chi connectivity index (χ0v) is 14.4. The Hall–Kier alpha value is -2.04. The smallest absolute Gasteiger partial charge is 0.161 e. The molecule has 0 spiro atoms. The molecule has 0 radical (unpaired) electrons. The van der Waals surface area contributed by atoms with E-state index in [4.69, 9.17) is 9.47 Å². The number of β-amino-alcohol motifs (C(OH)–C–C–N with tert-alkyl or cyclic N) is 1. The number of likely N-dealkylation sites (tertiary alicyclic amines) is 1. The van der Waals surface area contributed by atoms with Crippen molar-refractivity contribution >= 4 is 0 Å². The number of rotatable bonds is 4. The van der Waals surface area contributed by atoms with Crippen molar-refractivity contribution in [3.05, 3.63) is 59.7 Å². The van der Waals surface area contributed by atoms with Crippen LogP contribution >= 0.6 is 0 Å². The summed E-state index contributed by atoms with van der Waals surface area (Å²) in [6, 6.07) is 16.5. The average Bonchev–Trinajstić information content (AvgIpc) is 2.98. The highest BCUT2D eigenvalue weighted by atomic mass is 16.5. The van der Waals surface area contributed by atoms with Crippen LogP contribution < -0.4 is 9.47 Å². The van der Waals surface area contributed by atoms with Gasteiger partial charge in [-0.2, -0.15) is 0 Å². The van der Waals surface area contributed by atoms with Gasteiger partial charge in [0.25, 0.3) is 0 Å². The van der Waals surface area contributed by atoms with Crippen molar-refractivity contribution in [2.75, 3.05) is 26.3 Å². The van der Waals surface area contributed by atoms with Crippen molar-refractivity contribution < 1.29 is 14.6 Å². The lowest BCUT2D eigenvalue weighted by Crippen LogP contribution is -2.28. The van der Waals surface area contributed by atoms with Crippen LogP contribution in [0.25, 0.3) is 0 Å². The van der Waals surface area contributed by atoms with E-state index in [1.807, 2.05) is 36.4 Å².